The smallest absolute Gasteiger partial charge is 0.387 e. The van der Waals surface area contributed by atoms with Crippen molar-refractivity contribution in [3.8, 4) is 5.75 Å². The van der Waals surface area contributed by atoms with Crippen molar-refractivity contribution < 1.29 is 23.4 Å². The van der Waals surface area contributed by atoms with Gasteiger partial charge in [-0.2, -0.15) is 8.78 Å². The van der Waals surface area contributed by atoms with Crippen molar-refractivity contribution in [1.29, 1.82) is 0 Å². The van der Waals surface area contributed by atoms with E-state index in [4.69, 9.17) is 9.84 Å². The molecule has 0 unspecified atom stereocenters. The zero-order valence-electron chi connectivity index (χ0n) is 14.8. The summed E-state index contributed by atoms with van der Waals surface area (Å²) >= 11 is 0. The monoisotopic (exact) mass is 368 g/mol. The molecule has 0 spiro atoms. The summed E-state index contributed by atoms with van der Waals surface area (Å²) in [5.41, 5.74) is 0.761. The molecule has 144 valence electrons. The van der Waals surface area contributed by atoms with Crippen LogP contribution >= 0.6 is 0 Å². The van der Waals surface area contributed by atoms with Crippen molar-refractivity contribution in [2.45, 2.75) is 57.3 Å². The van der Waals surface area contributed by atoms with Crippen molar-refractivity contribution in [3.05, 3.63) is 29.8 Å². The molecule has 0 aromatic heterocycles. The Labute approximate surface area is 152 Å². The van der Waals surface area contributed by atoms with Crippen LogP contribution in [0.2, 0.25) is 0 Å². The van der Waals surface area contributed by atoms with Crippen LogP contribution in [0.5, 0.6) is 5.75 Å². The largest absolute Gasteiger partial charge is 0.480 e. The molecular formula is C19H26F2N2O3. The number of carboxylic acids is 1. The summed E-state index contributed by atoms with van der Waals surface area (Å²) in [7, 11) is 0. The normalized spacial score (nSPS) is 21.8. The third kappa shape index (κ3) is 4.92. The Morgan fingerprint density at radius 3 is 2.65 bits per heavy atom. The minimum Gasteiger partial charge on any atom is -0.480 e. The number of likely N-dealkylation sites (tertiary alicyclic amines) is 1. The first-order chi connectivity index (χ1) is 12.5. The van der Waals surface area contributed by atoms with Crippen LogP contribution in [-0.4, -0.2) is 59.2 Å². The molecule has 1 N–H and O–H groups in total. The number of carboxylic acid groups (broad SMARTS) is 1. The minimum absolute atomic E-state index is 0.0556. The Kier molecular flexibility index (Phi) is 6.43. The van der Waals surface area contributed by atoms with Gasteiger partial charge in [0.05, 0.1) is 6.54 Å². The number of para-hydroxylation sites is 1. The SMILES string of the molecule is O=C(O)CN1CC[C@H](N(Cc2ccccc2OC(F)F)C2CCCC2)C1. The number of hydrogen-bond donors (Lipinski definition) is 1. The van der Waals surface area contributed by atoms with Crippen molar-refractivity contribution in [2.75, 3.05) is 19.6 Å². The maximum atomic E-state index is 12.7. The van der Waals surface area contributed by atoms with Crippen LogP contribution in [0.15, 0.2) is 24.3 Å². The molecule has 26 heavy (non-hydrogen) atoms. The molecule has 2 fully saturated rings. The first-order valence-electron chi connectivity index (χ1n) is 9.25. The summed E-state index contributed by atoms with van der Waals surface area (Å²) in [5, 5.41) is 9.02. The maximum Gasteiger partial charge on any atom is 0.387 e. The number of rotatable bonds is 8. The van der Waals surface area contributed by atoms with Crippen LogP contribution in [0.4, 0.5) is 8.78 Å². The van der Waals surface area contributed by atoms with Crippen LogP contribution in [-0.2, 0) is 11.3 Å². The van der Waals surface area contributed by atoms with E-state index in [-0.39, 0.29) is 18.3 Å². The number of nitrogens with zero attached hydrogens (tertiary/aromatic N) is 2. The van der Waals surface area contributed by atoms with Gasteiger partial charge in [0.2, 0.25) is 0 Å². The van der Waals surface area contributed by atoms with Gasteiger partial charge in [-0.15, -0.1) is 0 Å². The average molecular weight is 368 g/mol. The summed E-state index contributed by atoms with van der Waals surface area (Å²) in [6.45, 7) is -0.761. The minimum atomic E-state index is -2.84. The van der Waals surface area contributed by atoms with Crippen LogP contribution in [0, 0.1) is 0 Å². The molecule has 3 rings (SSSR count). The van der Waals surface area contributed by atoms with Gasteiger partial charge in [0.15, 0.2) is 0 Å². The molecule has 7 heteroatoms. The van der Waals surface area contributed by atoms with Crippen LogP contribution in [0.25, 0.3) is 0 Å². The summed E-state index contributed by atoms with van der Waals surface area (Å²) in [6.07, 6.45) is 5.48. The highest BCUT2D eigenvalue weighted by Gasteiger charge is 2.34. The fraction of sp³-hybridized carbons (Fsp3) is 0.632. The molecule has 1 aliphatic carbocycles. The number of alkyl halides is 2. The Hall–Kier alpha value is -1.73. The van der Waals surface area contributed by atoms with Gasteiger partial charge in [0.1, 0.15) is 5.75 Å². The Morgan fingerprint density at radius 2 is 1.96 bits per heavy atom. The van der Waals surface area contributed by atoms with Gasteiger partial charge < -0.3 is 9.84 Å². The highest BCUT2D eigenvalue weighted by atomic mass is 19.3. The predicted octanol–water partition coefficient (Wildman–Crippen LogP) is 3.19. The van der Waals surface area contributed by atoms with Gasteiger partial charge in [0.25, 0.3) is 0 Å². The van der Waals surface area contributed by atoms with E-state index in [1.807, 2.05) is 17.0 Å². The number of aliphatic carboxylic acids is 1. The zero-order chi connectivity index (χ0) is 18.5. The second kappa shape index (κ2) is 8.77. The number of halogens is 2. The lowest BCUT2D eigenvalue weighted by Crippen LogP contribution is -2.43. The molecule has 1 heterocycles. The molecular weight excluding hydrogens is 342 g/mol. The van der Waals surface area contributed by atoms with Gasteiger partial charge in [-0.25, -0.2) is 0 Å². The molecule has 0 radical (unpaired) electrons. The van der Waals surface area contributed by atoms with Gasteiger partial charge >= 0.3 is 12.6 Å². The summed E-state index contributed by atoms with van der Waals surface area (Å²) in [5.74, 6) is -0.584. The fourth-order valence-electron chi connectivity index (χ4n) is 4.25. The zero-order valence-corrected chi connectivity index (χ0v) is 14.8. The van der Waals surface area contributed by atoms with E-state index in [9.17, 15) is 13.6 Å². The van der Waals surface area contributed by atoms with E-state index in [1.54, 1.807) is 12.1 Å². The van der Waals surface area contributed by atoms with Gasteiger partial charge in [0, 0.05) is 37.3 Å². The van der Waals surface area contributed by atoms with E-state index in [2.05, 4.69) is 4.90 Å². The Morgan fingerprint density at radius 1 is 1.23 bits per heavy atom. The summed E-state index contributed by atoms with van der Waals surface area (Å²) in [6, 6.07) is 7.63. The average Bonchev–Trinajstić information content (AvgIpc) is 3.25. The van der Waals surface area contributed by atoms with E-state index in [0.29, 0.717) is 19.1 Å². The highest BCUT2D eigenvalue weighted by Crippen LogP contribution is 2.32. The number of carbonyl (C=O) groups is 1. The standard InChI is InChI=1S/C19H26F2N2O3/c20-19(21)26-17-8-4-1-5-14(17)11-23(15-6-2-3-7-15)16-9-10-22(12-16)13-18(24)25/h1,4-5,8,15-16,19H,2-3,6-7,9-13H2,(H,24,25)/t16-/m0/s1. The molecule has 1 aromatic rings. The lowest BCUT2D eigenvalue weighted by Gasteiger charge is -2.35. The molecule has 0 amide bonds. The third-order valence-electron chi connectivity index (χ3n) is 5.41. The van der Waals surface area contributed by atoms with E-state index in [1.165, 1.54) is 12.8 Å². The van der Waals surface area contributed by atoms with Crippen molar-refractivity contribution in [3.63, 3.8) is 0 Å². The second-order valence-corrected chi connectivity index (χ2v) is 7.17. The molecule has 1 saturated heterocycles. The predicted molar refractivity (Wildman–Crippen MR) is 93.4 cm³/mol. The van der Waals surface area contributed by atoms with E-state index in [0.717, 1.165) is 31.4 Å². The number of ether oxygens (including phenoxy) is 1. The van der Waals surface area contributed by atoms with Gasteiger partial charge in [-0.3, -0.25) is 14.6 Å². The number of benzene rings is 1. The van der Waals surface area contributed by atoms with Crippen LogP contribution in [0.1, 0.15) is 37.7 Å². The van der Waals surface area contributed by atoms with Crippen molar-refractivity contribution >= 4 is 5.97 Å². The molecule has 2 aliphatic rings. The number of hydrogen-bond acceptors (Lipinski definition) is 4. The maximum absolute atomic E-state index is 12.7. The topological polar surface area (TPSA) is 53.0 Å². The van der Waals surface area contributed by atoms with Gasteiger partial charge in [-0.05, 0) is 25.3 Å². The molecule has 1 aliphatic heterocycles. The quantitative estimate of drug-likeness (QED) is 0.764. The summed E-state index contributed by atoms with van der Waals surface area (Å²) < 4.78 is 30.1. The Balaban J connectivity index is 1.74. The summed E-state index contributed by atoms with van der Waals surface area (Å²) in [4.78, 5) is 15.3. The van der Waals surface area contributed by atoms with Crippen LogP contribution in [0.3, 0.4) is 0 Å². The first kappa shape index (κ1) is 19.0. The van der Waals surface area contributed by atoms with E-state index >= 15 is 0 Å². The van der Waals surface area contributed by atoms with Crippen molar-refractivity contribution in [2.24, 2.45) is 0 Å². The highest BCUT2D eigenvalue weighted by molar-refractivity contribution is 5.69. The Bertz CT molecular complexity index is 608. The van der Waals surface area contributed by atoms with Crippen molar-refractivity contribution in [1.82, 2.24) is 9.80 Å². The second-order valence-electron chi connectivity index (χ2n) is 7.17. The van der Waals surface area contributed by atoms with Crippen LogP contribution < -0.4 is 4.74 Å². The molecule has 5 nitrogen and oxygen atoms in total. The fourth-order valence-corrected chi connectivity index (χ4v) is 4.25. The third-order valence-corrected chi connectivity index (χ3v) is 5.41. The molecule has 1 saturated carbocycles. The molecule has 1 atom stereocenters. The molecule has 0 bridgehead atoms. The molecule has 1 aromatic carbocycles. The van der Waals surface area contributed by atoms with Gasteiger partial charge in [-0.1, -0.05) is 31.0 Å². The lowest BCUT2D eigenvalue weighted by atomic mass is 10.1. The van der Waals surface area contributed by atoms with E-state index < -0.39 is 12.6 Å². The lowest BCUT2D eigenvalue weighted by molar-refractivity contribution is -0.138. The first-order valence-corrected chi connectivity index (χ1v) is 9.25.